The van der Waals surface area contributed by atoms with Crippen LogP contribution in [0.1, 0.15) is 19.0 Å². The van der Waals surface area contributed by atoms with Crippen LogP contribution >= 0.6 is 0 Å². The van der Waals surface area contributed by atoms with Crippen molar-refractivity contribution in [3.8, 4) is 0 Å². The first-order valence-corrected chi connectivity index (χ1v) is 5.71. The summed E-state index contributed by atoms with van der Waals surface area (Å²) in [6.45, 7) is 5.18. The number of aliphatic hydroxyl groups excluding tert-OH is 1. The van der Waals surface area contributed by atoms with Crippen molar-refractivity contribution in [3.63, 3.8) is 0 Å². The van der Waals surface area contributed by atoms with Crippen LogP contribution in [-0.4, -0.2) is 47.7 Å². The number of aliphatic hydroxyl groups is 1. The minimum Gasteiger partial charge on any atom is -0.432 e. The second kappa shape index (κ2) is 4.84. The van der Waals surface area contributed by atoms with Crippen LogP contribution in [0.4, 0.5) is 6.01 Å². The second-order valence-electron chi connectivity index (χ2n) is 4.44. The Morgan fingerprint density at radius 2 is 2.38 bits per heavy atom. The fourth-order valence-electron chi connectivity index (χ4n) is 2.16. The lowest BCUT2D eigenvalue weighted by atomic mass is 10.3. The zero-order chi connectivity index (χ0) is 11.5. The molecule has 0 aromatic carbocycles. The molecule has 1 N–H and O–H groups in total. The van der Waals surface area contributed by atoms with E-state index in [9.17, 15) is 0 Å². The lowest BCUT2D eigenvalue weighted by Crippen LogP contribution is -2.38. The molecule has 90 valence electrons. The monoisotopic (exact) mass is 225 g/mol. The lowest BCUT2D eigenvalue weighted by Gasteiger charge is -2.26. The Morgan fingerprint density at radius 3 is 3.06 bits per heavy atom. The molecule has 16 heavy (non-hydrogen) atoms. The van der Waals surface area contributed by atoms with E-state index in [1.54, 1.807) is 0 Å². The summed E-state index contributed by atoms with van der Waals surface area (Å²) >= 11 is 0. The lowest BCUT2D eigenvalue weighted by molar-refractivity contribution is 0.276. The molecular weight excluding hydrogens is 206 g/mol. The molecule has 0 saturated carbocycles. The van der Waals surface area contributed by atoms with E-state index in [-0.39, 0.29) is 6.61 Å². The number of aromatic nitrogens is 1. The summed E-state index contributed by atoms with van der Waals surface area (Å²) in [5, 5.41) is 8.96. The van der Waals surface area contributed by atoms with Gasteiger partial charge < -0.3 is 19.3 Å². The fraction of sp³-hybridized carbons (Fsp3) is 0.727. The third-order valence-electron chi connectivity index (χ3n) is 2.99. The summed E-state index contributed by atoms with van der Waals surface area (Å²) in [7, 11) is 2.13. The van der Waals surface area contributed by atoms with Gasteiger partial charge in [-0.05, 0) is 26.9 Å². The van der Waals surface area contributed by atoms with E-state index >= 15 is 0 Å². The van der Waals surface area contributed by atoms with Crippen molar-refractivity contribution in [2.24, 2.45) is 0 Å². The number of hydrogen-bond acceptors (Lipinski definition) is 5. The number of nitrogens with zero attached hydrogens (tertiary/aromatic N) is 3. The smallest absolute Gasteiger partial charge is 0.297 e. The van der Waals surface area contributed by atoms with Crippen LogP contribution in [-0.2, 0) is 6.61 Å². The third-order valence-corrected chi connectivity index (χ3v) is 2.99. The minimum atomic E-state index is -0.0639. The summed E-state index contributed by atoms with van der Waals surface area (Å²) in [6.07, 6.45) is 2.63. The Hall–Kier alpha value is -1.07. The molecule has 1 unspecified atom stereocenters. The summed E-state index contributed by atoms with van der Waals surface area (Å²) in [4.78, 5) is 8.75. The Kier molecular flexibility index (Phi) is 3.46. The average molecular weight is 225 g/mol. The molecule has 1 aromatic rings. The van der Waals surface area contributed by atoms with Crippen molar-refractivity contribution in [1.82, 2.24) is 9.88 Å². The summed E-state index contributed by atoms with van der Waals surface area (Å²) in [5.74, 6) is 0. The standard InChI is InChI=1S/C11H19N3O2/c1-9-6-13(2)4-3-5-14(9)11-12-10(7-15)8-16-11/h8-9,15H,3-7H2,1-2H3. The van der Waals surface area contributed by atoms with E-state index in [0.29, 0.717) is 17.8 Å². The summed E-state index contributed by atoms with van der Waals surface area (Å²) in [6, 6.07) is 1.02. The van der Waals surface area contributed by atoms with Crippen molar-refractivity contribution in [2.45, 2.75) is 26.0 Å². The van der Waals surface area contributed by atoms with Crippen molar-refractivity contribution < 1.29 is 9.52 Å². The molecule has 0 bridgehead atoms. The zero-order valence-corrected chi connectivity index (χ0v) is 9.89. The maximum Gasteiger partial charge on any atom is 0.297 e. The van der Waals surface area contributed by atoms with Gasteiger partial charge in [-0.1, -0.05) is 0 Å². The van der Waals surface area contributed by atoms with E-state index in [1.807, 2.05) is 0 Å². The van der Waals surface area contributed by atoms with E-state index in [0.717, 1.165) is 26.1 Å². The van der Waals surface area contributed by atoms with Crippen molar-refractivity contribution in [2.75, 3.05) is 31.6 Å². The molecule has 0 aliphatic carbocycles. The molecule has 1 atom stereocenters. The Bertz CT molecular complexity index is 340. The SMILES string of the molecule is CC1CN(C)CCCN1c1nc(CO)co1. The van der Waals surface area contributed by atoms with Gasteiger partial charge in [0.05, 0.1) is 6.61 Å². The van der Waals surface area contributed by atoms with Gasteiger partial charge in [-0.25, -0.2) is 0 Å². The highest BCUT2D eigenvalue weighted by Gasteiger charge is 2.23. The van der Waals surface area contributed by atoms with Gasteiger partial charge in [0.15, 0.2) is 0 Å². The Morgan fingerprint density at radius 1 is 1.56 bits per heavy atom. The van der Waals surface area contributed by atoms with Crippen LogP contribution in [0.5, 0.6) is 0 Å². The molecule has 1 aliphatic heterocycles. The predicted molar refractivity (Wildman–Crippen MR) is 61.3 cm³/mol. The van der Waals surface area contributed by atoms with Gasteiger partial charge in [-0.3, -0.25) is 0 Å². The number of oxazole rings is 1. The van der Waals surface area contributed by atoms with Crippen LogP contribution in [0.3, 0.4) is 0 Å². The second-order valence-corrected chi connectivity index (χ2v) is 4.44. The summed E-state index contributed by atoms with van der Waals surface area (Å²) in [5.41, 5.74) is 0.597. The van der Waals surface area contributed by atoms with Crippen LogP contribution in [0.2, 0.25) is 0 Å². The van der Waals surface area contributed by atoms with Crippen molar-refractivity contribution >= 4 is 6.01 Å². The van der Waals surface area contributed by atoms with E-state index in [4.69, 9.17) is 9.52 Å². The molecule has 1 aromatic heterocycles. The zero-order valence-electron chi connectivity index (χ0n) is 9.89. The van der Waals surface area contributed by atoms with E-state index in [1.165, 1.54) is 6.26 Å². The predicted octanol–water partition coefficient (Wildman–Crippen LogP) is 0.697. The first-order valence-electron chi connectivity index (χ1n) is 5.71. The highest BCUT2D eigenvalue weighted by Crippen LogP contribution is 2.19. The van der Waals surface area contributed by atoms with Gasteiger partial charge in [-0.2, -0.15) is 4.98 Å². The molecule has 0 amide bonds. The molecule has 1 fully saturated rings. The molecular formula is C11H19N3O2. The van der Waals surface area contributed by atoms with Gasteiger partial charge in [0, 0.05) is 19.1 Å². The molecule has 2 rings (SSSR count). The largest absolute Gasteiger partial charge is 0.432 e. The topological polar surface area (TPSA) is 52.7 Å². The minimum absolute atomic E-state index is 0.0639. The fourth-order valence-corrected chi connectivity index (χ4v) is 2.16. The molecule has 0 radical (unpaired) electrons. The van der Waals surface area contributed by atoms with Gasteiger partial charge in [0.2, 0.25) is 0 Å². The first kappa shape index (κ1) is 11.4. The number of hydrogen-bond donors (Lipinski definition) is 1. The maximum absolute atomic E-state index is 8.96. The number of likely N-dealkylation sites (N-methyl/N-ethyl adjacent to an activating group) is 1. The molecule has 5 nitrogen and oxygen atoms in total. The number of anilines is 1. The molecule has 0 spiro atoms. The molecule has 2 heterocycles. The van der Waals surface area contributed by atoms with E-state index < -0.39 is 0 Å². The average Bonchev–Trinajstić information content (AvgIpc) is 2.65. The van der Waals surface area contributed by atoms with Crippen LogP contribution < -0.4 is 4.90 Å². The van der Waals surface area contributed by atoms with Gasteiger partial charge in [-0.15, -0.1) is 0 Å². The van der Waals surface area contributed by atoms with Crippen molar-refractivity contribution in [1.29, 1.82) is 0 Å². The third kappa shape index (κ3) is 2.36. The molecule has 5 heteroatoms. The normalized spacial score (nSPS) is 23.4. The molecule has 1 aliphatic rings. The van der Waals surface area contributed by atoms with Crippen LogP contribution in [0.15, 0.2) is 10.7 Å². The Labute approximate surface area is 95.7 Å². The Balaban J connectivity index is 2.12. The first-order chi connectivity index (χ1) is 7.70. The maximum atomic E-state index is 8.96. The summed E-state index contributed by atoms with van der Waals surface area (Å²) < 4.78 is 5.39. The highest BCUT2D eigenvalue weighted by molar-refractivity contribution is 5.29. The highest BCUT2D eigenvalue weighted by atomic mass is 16.4. The van der Waals surface area contributed by atoms with Gasteiger partial charge >= 0.3 is 0 Å². The quantitative estimate of drug-likeness (QED) is 0.803. The van der Waals surface area contributed by atoms with Gasteiger partial charge in [0.1, 0.15) is 12.0 Å². The van der Waals surface area contributed by atoms with Crippen LogP contribution in [0, 0.1) is 0 Å². The number of rotatable bonds is 2. The van der Waals surface area contributed by atoms with Crippen molar-refractivity contribution in [3.05, 3.63) is 12.0 Å². The van der Waals surface area contributed by atoms with E-state index in [2.05, 4.69) is 28.8 Å². The van der Waals surface area contributed by atoms with Gasteiger partial charge in [0.25, 0.3) is 6.01 Å². The van der Waals surface area contributed by atoms with Crippen LogP contribution in [0.25, 0.3) is 0 Å². The molecule has 1 saturated heterocycles.